The molecule has 0 unspecified atom stereocenters. The fourth-order valence-electron chi connectivity index (χ4n) is 3.13. The van der Waals surface area contributed by atoms with E-state index in [1.807, 2.05) is 48.5 Å². The number of ether oxygens (including phenoxy) is 1. The third-order valence-corrected chi connectivity index (χ3v) is 6.20. The van der Waals surface area contributed by atoms with Gasteiger partial charge < -0.3 is 4.74 Å². The van der Waals surface area contributed by atoms with E-state index >= 15 is 0 Å². The number of rotatable bonds is 4. The minimum Gasteiger partial charge on any atom is -0.457 e. The van der Waals surface area contributed by atoms with E-state index in [4.69, 9.17) is 21.3 Å². The van der Waals surface area contributed by atoms with Crippen LogP contribution in [0.25, 0.3) is 28.0 Å². The summed E-state index contributed by atoms with van der Waals surface area (Å²) in [4.78, 5) is 4.72. The van der Waals surface area contributed by atoms with Gasteiger partial charge in [-0.25, -0.2) is 14.1 Å². The molecule has 0 amide bonds. The average molecular weight is 543 g/mol. The Labute approximate surface area is 195 Å². The van der Waals surface area contributed by atoms with E-state index in [9.17, 15) is 4.39 Å². The molecule has 0 N–H and O–H groups in total. The molecule has 0 bridgehead atoms. The smallest absolute Gasteiger partial charge is 0.136 e. The highest BCUT2D eigenvalue weighted by Gasteiger charge is 2.11. The van der Waals surface area contributed by atoms with Crippen LogP contribution < -0.4 is 4.74 Å². The molecule has 31 heavy (non-hydrogen) atoms. The highest BCUT2D eigenvalue weighted by atomic mass is 127. The quantitative estimate of drug-likeness (QED) is 0.238. The second-order valence-corrected chi connectivity index (χ2v) is 8.29. The molecule has 5 aromatic rings. The summed E-state index contributed by atoms with van der Waals surface area (Å²) in [5, 5.41) is 9.90. The van der Waals surface area contributed by atoms with Crippen LogP contribution in [0.2, 0.25) is 5.02 Å². The summed E-state index contributed by atoms with van der Waals surface area (Å²) in [6.45, 7) is 0. The Morgan fingerprint density at radius 2 is 1.77 bits per heavy atom. The molecule has 8 heteroatoms. The van der Waals surface area contributed by atoms with E-state index in [0.29, 0.717) is 33.6 Å². The lowest BCUT2D eigenvalue weighted by atomic mass is 10.1. The van der Waals surface area contributed by atoms with Crippen LogP contribution in [0.15, 0.2) is 79.0 Å². The molecular formula is C23H13ClFIN4O. The largest absolute Gasteiger partial charge is 0.457 e. The lowest BCUT2D eigenvalue weighted by molar-refractivity contribution is 0.488. The molecule has 5 nitrogen and oxygen atoms in total. The molecule has 0 aliphatic rings. The van der Waals surface area contributed by atoms with Crippen molar-refractivity contribution >= 4 is 45.1 Å². The predicted molar refractivity (Wildman–Crippen MR) is 126 cm³/mol. The summed E-state index contributed by atoms with van der Waals surface area (Å²) in [6, 6.07) is 21.1. The van der Waals surface area contributed by atoms with Crippen LogP contribution in [0.3, 0.4) is 0 Å². The first-order valence-corrected chi connectivity index (χ1v) is 10.7. The van der Waals surface area contributed by atoms with E-state index in [1.165, 1.54) is 12.1 Å². The summed E-state index contributed by atoms with van der Waals surface area (Å²) in [7, 11) is 0. The molecule has 152 valence electrons. The van der Waals surface area contributed by atoms with Crippen molar-refractivity contribution in [3.8, 4) is 28.6 Å². The van der Waals surface area contributed by atoms with Crippen LogP contribution in [-0.4, -0.2) is 20.0 Å². The highest BCUT2D eigenvalue weighted by molar-refractivity contribution is 14.1. The van der Waals surface area contributed by atoms with Crippen molar-refractivity contribution in [2.24, 2.45) is 0 Å². The van der Waals surface area contributed by atoms with Gasteiger partial charge in [0.1, 0.15) is 23.0 Å². The van der Waals surface area contributed by atoms with Crippen LogP contribution in [0.5, 0.6) is 11.5 Å². The number of aromatic nitrogens is 4. The predicted octanol–water partition coefficient (Wildman–Crippen LogP) is 6.67. The lowest BCUT2D eigenvalue weighted by Gasteiger charge is -2.10. The fraction of sp³-hybridized carbons (Fsp3) is 0. The van der Waals surface area contributed by atoms with Crippen LogP contribution in [0, 0.1) is 9.39 Å². The number of hydrogen-bond donors (Lipinski definition) is 0. The van der Waals surface area contributed by atoms with Gasteiger partial charge in [0, 0.05) is 8.96 Å². The van der Waals surface area contributed by atoms with Crippen LogP contribution in [0.1, 0.15) is 0 Å². The molecule has 0 aliphatic heterocycles. The van der Waals surface area contributed by atoms with Gasteiger partial charge in [0.05, 0.1) is 28.1 Å². The Balaban J connectivity index is 1.47. The molecule has 2 heterocycles. The summed E-state index contributed by atoms with van der Waals surface area (Å²) in [5.74, 6) is 1.10. The zero-order valence-corrected chi connectivity index (χ0v) is 18.7. The van der Waals surface area contributed by atoms with Gasteiger partial charge in [-0.15, -0.1) is 5.10 Å². The van der Waals surface area contributed by atoms with Crippen molar-refractivity contribution < 1.29 is 9.13 Å². The molecule has 0 saturated heterocycles. The minimum absolute atomic E-state index is 0.299. The van der Waals surface area contributed by atoms with Gasteiger partial charge in [-0.3, -0.25) is 0 Å². The summed E-state index contributed by atoms with van der Waals surface area (Å²) >= 11 is 8.27. The fourth-order valence-corrected chi connectivity index (χ4v) is 3.73. The monoisotopic (exact) mass is 542 g/mol. The first-order chi connectivity index (χ1) is 15.1. The van der Waals surface area contributed by atoms with E-state index in [0.717, 1.165) is 14.5 Å². The maximum Gasteiger partial charge on any atom is 0.136 e. The Hall–Kier alpha value is -3.04. The average Bonchev–Trinajstić information content (AvgIpc) is 3.27. The minimum atomic E-state index is -0.299. The summed E-state index contributed by atoms with van der Waals surface area (Å²) < 4.78 is 21.7. The highest BCUT2D eigenvalue weighted by Crippen LogP contribution is 2.32. The number of hydrogen-bond acceptors (Lipinski definition) is 4. The zero-order valence-electron chi connectivity index (χ0n) is 15.8. The van der Waals surface area contributed by atoms with Crippen molar-refractivity contribution in [3.05, 3.63) is 93.4 Å². The van der Waals surface area contributed by atoms with Crippen LogP contribution >= 0.6 is 34.2 Å². The van der Waals surface area contributed by atoms with Crippen LogP contribution in [-0.2, 0) is 0 Å². The van der Waals surface area contributed by atoms with E-state index < -0.39 is 0 Å². The second kappa shape index (κ2) is 8.24. The second-order valence-electron chi connectivity index (χ2n) is 6.72. The van der Waals surface area contributed by atoms with Crippen molar-refractivity contribution in [2.75, 3.05) is 0 Å². The van der Waals surface area contributed by atoms with E-state index in [2.05, 4.69) is 32.9 Å². The maximum absolute atomic E-state index is 13.2. The van der Waals surface area contributed by atoms with Crippen LogP contribution in [0.4, 0.5) is 4.39 Å². The van der Waals surface area contributed by atoms with Gasteiger partial charge in [0.25, 0.3) is 0 Å². The number of fused-ring (bicyclic) bond motifs is 1. The SMILES string of the molecule is Fc1ccc(-n2cc(-c3ccc4c(Oc5ccc(Cl)c(I)c5)cccc4n3)nn2)cc1. The molecule has 5 rings (SSSR count). The van der Waals surface area contributed by atoms with Crippen molar-refractivity contribution in [2.45, 2.75) is 0 Å². The molecule has 0 aliphatic carbocycles. The molecule has 0 atom stereocenters. The zero-order chi connectivity index (χ0) is 21.4. The molecule has 0 saturated carbocycles. The van der Waals surface area contributed by atoms with Gasteiger partial charge in [-0.2, -0.15) is 0 Å². The number of benzene rings is 3. The lowest BCUT2D eigenvalue weighted by Crippen LogP contribution is -1.94. The number of pyridine rings is 1. The molecular weight excluding hydrogens is 530 g/mol. The Morgan fingerprint density at radius 1 is 0.935 bits per heavy atom. The Bertz CT molecular complexity index is 1400. The maximum atomic E-state index is 13.2. The Kier molecular flexibility index (Phi) is 5.29. The first kappa shape index (κ1) is 19.9. The molecule has 2 aromatic heterocycles. The number of halogens is 3. The standard InChI is InChI=1S/C23H13ClFIN4O/c24-18-10-8-16(12-19(18)26)31-23-3-1-2-20-17(23)9-11-21(27-20)22-13-30(29-28-22)15-6-4-14(25)5-7-15/h1-13H. The van der Waals surface area contributed by atoms with Gasteiger partial charge in [0.15, 0.2) is 0 Å². The van der Waals surface area contributed by atoms with Crippen molar-refractivity contribution in [3.63, 3.8) is 0 Å². The first-order valence-electron chi connectivity index (χ1n) is 9.28. The third kappa shape index (κ3) is 4.11. The van der Waals surface area contributed by atoms with Gasteiger partial charge in [0.2, 0.25) is 0 Å². The van der Waals surface area contributed by atoms with Crippen molar-refractivity contribution in [1.82, 2.24) is 20.0 Å². The topological polar surface area (TPSA) is 52.8 Å². The molecule has 0 radical (unpaired) electrons. The Morgan fingerprint density at radius 3 is 2.58 bits per heavy atom. The normalized spacial score (nSPS) is 11.1. The molecule has 3 aromatic carbocycles. The number of nitrogens with zero attached hydrogens (tertiary/aromatic N) is 4. The summed E-state index contributed by atoms with van der Waals surface area (Å²) in [6.07, 6.45) is 1.76. The molecule has 0 fully saturated rings. The molecule has 0 spiro atoms. The van der Waals surface area contributed by atoms with Gasteiger partial charge in [-0.05, 0) is 89.3 Å². The summed E-state index contributed by atoms with van der Waals surface area (Å²) in [5.41, 5.74) is 2.79. The van der Waals surface area contributed by atoms with Crippen molar-refractivity contribution in [1.29, 1.82) is 0 Å². The van der Waals surface area contributed by atoms with Gasteiger partial charge in [-0.1, -0.05) is 22.9 Å². The van der Waals surface area contributed by atoms with E-state index in [-0.39, 0.29) is 5.82 Å². The van der Waals surface area contributed by atoms with E-state index in [1.54, 1.807) is 23.0 Å². The van der Waals surface area contributed by atoms with Gasteiger partial charge >= 0.3 is 0 Å². The third-order valence-electron chi connectivity index (χ3n) is 4.66.